The van der Waals surface area contributed by atoms with Crippen LogP contribution in [0.2, 0.25) is 10.0 Å². The number of rotatable bonds is 9. The number of piperidine rings is 1. The van der Waals surface area contributed by atoms with Crippen molar-refractivity contribution >= 4 is 56.3 Å². The Kier molecular flexibility index (Phi) is 11.2. The molecule has 0 spiro atoms. The zero-order chi connectivity index (χ0) is 35.5. The van der Waals surface area contributed by atoms with Gasteiger partial charge in [0.2, 0.25) is 0 Å². The number of carbonyl (C=O) groups excluding carboxylic acids is 1. The van der Waals surface area contributed by atoms with Gasteiger partial charge in [-0.15, -0.1) is 11.3 Å². The zero-order valence-corrected chi connectivity index (χ0v) is 29.8. The number of amides is 1. The molecule has 2 aromatic heterocycles. The Bertz CT molecular complexity index is 2010. The Labute approximate surface area is 302 Å². The smallest absolute Gasteiger partial charge is 0.276 e. The summed E-state index contributed by atoms with van der Waals surface area (Å²) in [5.74, 6) is 5.35. The number of hydrogen-bond acceptors (Lipinski definition) is 6. The third-order valence-electron chi connectivity index (χ3n) is 8.53. The van der Waals surface area contributed by atoms with Crippen LogP contribution in [0.4, 0.5) is 18.9 Å². The summed E-state index contributed by atoms with van der Waals surface area (Å²) in [7, 11) is -3.94. The van der Waals surface area contributed by atoms with Crippen LogP contribution in [0.25, 0.3) is 10.6 Å². The first kappa shape index (κ1) is 36.4. The Hall–Kier alpha value is -3.42. The van der Waals surface area contributed by atoms with Crippen LogP contribution in [-0.2, 0) is 22.9 Å². The van der Waals surface area contributed by atoms with Crippen molar-refractivity contribution in [3.63, 3.8) is 0 Å². The topological polar surface area (TPSA) is 110 Å². The van der Waals surface area contributed by atoms with Gasteiger partial charge in [0.1, 0.15) is 0 Å². The number of nitrogens with one attached hydrogen (secondary N) is 3. The number of thiophene rings is 1. The van der Waals surface area contributed by atoms with Crippen LogP contribution in [0.3, 0.4) is 0 Å². The number of carbonyl (C=O) groups is 1. The van der Waals surface area contributed by atoms with E-state index in [0.717, 1.165) is 57.1 Å². The number of benzene rings is 2. The van der Waals surface area contributed by atoms with E-state index in [1.54, 1.807) is 30.3 Å². The number of nitrogens with zero attached hydrogens (tertiary/aromatic N) is 3. The molecule has 3 N–H and O–H groups in total. The van der Waals surface area contributed by atoms with Crippen LogP contribution in [-0.4, -0.2) is 48.7 Å². The molecular formula is C34H33Cl2F3N6O3S2. The Morgan fingerprint density at radius 1 is 1.00 bits per heavy atom. The van der Waals surface area contributed by atoms with E-state index in [2.05, 4.69) is 31.5 Å². The number of hydrogen-bond donors (Lipinski definition) is 3. The van der Waals surface area contributed by atoms with Crippen molar-refractivity contribution < 1.29 is 26.4 Å². The quantitative estimate of drug-likeness (QED) is 0.151. The van der Waals surface area contributed by atoms with Gasteiger partial charge in [-0.2, -0.15) is 36.1 Å². The third-order valence-corrected chi connectivity index (χ3v) is 11.2. The molecule has 3 heterocycles. The van der Waals surface area contributed by atoms with Crippen molar-refractivity contribution in [3.8, 4) is 22.4 Å². The molecule has 1 amide bonds. The van der Waals surface area contributed by atoms with Crippen molar-refractivity contribution in [1.29, 1.82) is 0 Å². The van der Waals surface area contributed by atoms with Crippen molar-refractivity contribution in [2.75, 3.05) is 18.1 Å². The maximum atomic E-state index is 14.5. The summed E-state index contributed by atoms with van der Waals surface area (Å²) in [4.78, 5) is 15.8. The van der Waals surface area contributed by atoms with Crippen LogP contribution in [0.5, 0.6) is 0 Å². The SMILES string of the molecule is O=C(c1n[nH]c(-c2ccc(C#Cc3ccc(C(F)(F)F)cc3)s2)c1CNS(=O)(=O)NC1CCCC1)N(c1ccc(Cl)cc1Cl)N1CCCCC1. The minimum absolute atomic E-state index is 0.00550. The molecule has 16 heteroatoms. The molecule has 1 aliphatic heterocycles. The lowest BCUT2D eigenvalue weighted by Gasteiger charge is -2.37. The molecular weight excluding hydrogens is 732 g/mol. The second-order valence-corrected chi connectivity index (χ2v) is 15.5. The van der Waals surface area contributed by atoms with Crippen LogP contribution >= 0.6 is 34.5 Å². The van der Waals surface area contributed by atoms with E-state index >= 15 is 0 Å². The highest BCUT2D eigenvalue weighted by Gasteiger charge is 2.33. The highest BCUT2D eigenvalue weighted by molar-refractivity contribution is 7.87. The molecule has 2 fully saturated rings. The maximum absolute atomic E-state index is 14.5. The highest BCUT2D eigenvalue weighted by atomic mass is 35.5. The number of alkyl halides is 3. The standard InChI is InChI=1S/C34H33Cl2F3N6O3S2/c35-24-13-16-29(28(36)20-24)45(44-18-4-1-5-19-44)33(46)32-27(21-40-50(47,48)43-25-6-2-3-7-25)31(41-42-32)30-17-15-26(49-30)14-10-22-8-11-23(12-9-22)34(37,38)39/h8-9,11-13,15-17,20,25,40,43H,1-7,18-19,21H2,(H,41,42). The number of aromatic nitrogens is 2. The van der Waals surface area contributed by atoms with Crippen molar-refractivity contribution in [3.05, 3.63) is 91.9 Å². The van der Waals surface area contributed by atoms with Crippen LogP contribution in [0.1, 0.15) is 77.0 Å². The van der Waals surface area contributed by atoms with Gasteiger partial charge in [0.15, 0.2) is 5.69 Å². The molecule has 4 aromatic rings. The molecule has 264 valence electrons. The molecule has 9 nitrogen and oxygen atoms in total. The van der Waals surface area contributed by atoms with E-state index in [-0.39, 0.29) is 23.3 Å². The Morgan fingerprint density at radius 2 is 1.72 bits per heavy atom. The van der Waals surface area contributed by atoms with Gasteiger partial charge in [-0.3, -0.25) is 9.89 Å². The molecule has 0 radical (unpaired) electrons. The third kappa shape index (κ3) is 8.71. The van der Waals surface area contributed by atoms with Gasteiger partial charge in [0.05, 0.1) is 31.7 Å². The predicted octanol–water partition coefficient (Wildman–Crippen LogP) is 7.78. The lowest BCUT2D eigenvalue weighted by molar-refractivity contribution is -0.137. The summed E-state index contributed by atoms with van der Waals surface area (Å²) in [6.07, 6.45) is 1.70. The van der Waals surface area contributed by atoms with Crippen LogP contribution < -0.4 is 14.5 Å². The fourth-order valence-corrected chi connectivity index (χ4v) is 8.49. The molecule has 50 heavy (non-hydrogen) atoms. The van der Waals surface area contributed by atoms with Gasteiger partial charge in [0.25, 0.3) is 16.1 Å². The van der Waals surface area contributed by atoms with E-state index in [0.29, 0.717) is 50.4 Å². The first-order valence-electron chi connectivity index (χ1n) is 16.1. The fourth-order valence-electron chi connectivity index (χ4n) is 6.03. The molecule has 1 saturated carbocycles. The van der Waals surface area contributed by atoms with Crippen LogP contribution in [0.15, 0.2) is 54.6 Å². The van der Waals surface area contributed by atoms with E-state index in [4.69, 9.17) is 23.2 Å². The second-order valence-electron chi connectivity index (χ2n) is 12.1. The first-order valence-corrected chi connectivity index (χ1v) is 19.1. The minimum atomic E-state index is -4.44. The van der Waals surface area contributed by atoms with E-state index < -0.39 is 27.9 Å². The van der Waals surface area contributed by atoms with Gasteiger partial charge < -0.3 is 0 Å². The molecule has 0 unspecified atom stereocenters. The molecule has 6 rings (SSSR count). The summed E-state index contributed by atoms with van der Waals surface area (Å²) < 4.78 is 70.5. The van der Waals surface area contributed by atoms with Gasteiger partial charge in [-0.05, 0) is 80.3 Å². The monoisotopic (exact) mass is 764 g/mol. The Balaban J connectivity index is 1.34. The van der Waals surface area contributed by atoms with E-state index in [1.165, 1.54) is 28.5 Å². The van der Waals surface area contributed by atoms with Crippen molar-refractivity contribution in [2.24, 2.45) is 0 Å². The molecule has 1 aliphatic carbocycles. The summed E-state index contributed by atoms with van der Waals surface area (Å²) >= 11 is 14.1. The molecule has 2 aliphatic rings. The zero-order valence-electron chi connectivity index (χ0n) is 26.6. The predicted molar refractivity (Wildman–Crippen MR) is 189 cm³/mol. The van der Waals surface area contributed by atoms with Gasteiger partial charge in [-0.1, -0.05) is 54.3 Å². The summed E-state index contributed by atoms with van der Waals surface area (Å²) in [6, 6.07) is 12.8. The maximum Gasteiger partial charge on any atom is 0.416 e. The first-order chi connectivity index (χ1) is 23.9. The lowest BCUT2D eigenvalue weighted by atomic mass is 10.1. The second kappa shape index (κ2) is 15.4. The molecule has 1 saturated heterocycles. The molecule has 2 aromatic carbocycles. The Morgan fingerprint density at radius 3 is 2.40 bits per heavy atom. The fraction of sp³-hybridized carbons (Fsp3) is 0.353. The molecule has 0 atom stereocenters. The number of hydrazine groups is 1. The summed E-state index contributed by atoms with van der Waals surface area (Å²) in [5, 5.41) is 11.5. The highest BCUT2D eigenvalue weighted by Crippen LogP contribution is 2.35. The van der Waals surface area contributed by atoms with Crippen molar-refractivity contribution in [2.45, 2.75) is 63.7 Å². The number of anilines is 1. The van der Waals surface area contributed by atoms with Gasteiger partial charge in [-0.25, -0.2) is 10.0 Å². The number of H-pyrrole nitrogens is 1. The number of halogens is 5. The van der Waals surface area contributed by atoms with Crippen molar-refractivity contribution in [1.82, 2.24) is 24.7 Å². The lowest BCUT2D eigenvalue weighted by Crippen LogP contribution is -2.50. The van der Waals surface area contributed by atoms with Crippen LogP contribution in [0, 0.1) is 11.8 Å². The van der Waals surface area contributed by atoms with E-state index in [9.17, 15) is 26.4 Å². The largest absolute Gasteiger partial charge is 0.416 e. The summed E-state index contributed by atoms with van der Waals surface area (Å²) in [6.45, 7) is 0.948. The van der Waals surface area contributed by atoms with Gasteiger partial charge in [0, 0.05) is 41.8 Å². The van der Waals surface area contributed by atoms with Gasteiger partial charge >= 0.3 is 6.18 Å². The minimum Gasteiger partial charge on any atom is -0.276 e. The number of aromatic amines is 1. The van der Waals surface area contributed by atoms with E-state index in [1.807, 2.05) is 5.01 Å². The average molecular weight is 766 g/mol. The summed E-state index contributed by atoms with van der Waals surface area (Å²) in [5.41, 5.74) is 0.814. The average Bonchev–Trinajstić information content (AvgIpc) is 3.86. The normalized spacial score (nSPS) is 15.9. The molecule has 0 bridgehead atoms.